The van der Waals surface area contributed by atoms with Crippen molar-refractivity contribution in [2.45, 2.75) is 52.8 Å². The number of aromatic nitrogens is 1. The number of halogens is 3. The van der Waals surface area contributed by atoms with Crippen LogP contribution in [0.15, 0.2) is 18.3 Å². The molecule has 0 aliphatic heterocycles. The molecule has 1 rings (SSSR count). The Morgan fingerprint density at radius 2 is 1.95 bits per heavy atom. The Balaban J connectivity index is 0.00000172. The van der Waals surface area contributed by atoms with Gasteiger partial charge in [0, 0.05) is 6.04 Å². The average molecular weight is 290 g/mol. The van der Waals surface area contributed by atoms with E-state index in [1.165, 1.54) is 11.0 Å². The fraction of sp³-hybridized carbons (Fsp3) is 0.571. The van der Waals surface area contributed by atoms with Crippen molar-refractivity contribution >= 4 is 12.1 Å². The van der Waals surface area contributed by atoms with Gasteiger partial charge < -0.3 is 4.90 Å². The van der Waals surface area contributed by atoms with Crippen LogP contribution in [-0.2, 0) is 11.0 Å². The first kappa shape index (κ1) is 18.4. The predicted molar refractivity (Wildman–Crippen MR) is 73.5 cm³/mol. The quantitative estimate of drug-likeness (QED) is 0.758. The van der Waals surface area contributed by atoms with Crippen LogP contribution in [0.2, 0.25) is 0 Å². The molecule has 0 saturated carbocycles. The number of amides is 1. The zero-order valence-electron chi connectivity index (χ0n) is 12.2. The molecule has 0 aliphatic rings. The van der Waals surface area contributed by atoms with Gasteiger partial charge in [0.05, 0.1) is 11.9 Å². The standard InChI is InChI=1S/C12H15F3N2O.C2H6/c1-3-4-9(2)17(8-18)10-5-6-11(16-7-10)12(13,14)15;1-2/h5-9H,3-4H2,1-2H3;1-2H3. The van der Waals surface area contributed by atoms with Gasteiger partial charge in [-0.05, 0) is 25.5 Å². The van der Waals surface area contributed by atoms with Gasteiger partial charge in [-0.1, -0.05) is 27.2 Å². The molecule has 0 bridgehead atoms. The third kappa shape index (κ3) is 5.19. The van der Waals surface area contributed by atoms with Gasteiger partial charge in [0.1, 0.15) is 5.69 Å². The summed E-state index contributed by atoms with van der Waals surface area (Å²) in [6, 6.07) is 2.08. The zero-order valence-corrected chi connectivity index (χ0v) is 12.2. The lowest BCUT2D eigenvalue weighted by Gasteiger charge is -2.24. The smallest absolute Gasteiger partial charge is 0.311 e. The van der Waals surface area contributed by atoms with E-state index in [1.54, 1.807) is 0 Å². The fourth-order valence-electron chi connectivity index (χ4n) is 1.68. The van der Waals surface area contributed by atoms with Gasteiger partial charge in [0.2, 0.25) is 6.41 Å². The molecule has 6 heteroatoms. The maximum atomic E-state index is 12.3. The Labute approximate surface area is 117 Å². The molecule has 1 atom stereocenters. The summed E-state index contributed by atoms with van der Waals surface area (Å²) in [4.78, 5) is 15.7. The third-order valence-electron chi connectivity index (χ3n) is 2.63. The SMILES string of the molecule is CC.CCCC(C)N(C=O)c1ccc(C(F)(F)F)nc1. The van der Waals surface area contributed by atoms with Gasteiger partial charge in [0.15, 0.2) is 0 Å². The highest BCUT2D eigenvalue weighted by Gasteiger charge is 2.32. The summed E-state index contributed by atoms with van der Waals surface area (Å²) in [7, 11) is 0. The number of pyridine rings is 1. The molecule has 0 spiro atoms. The molecule has 1 heterocycles. The molecular weight excluding hydrogens is 269 g/mol. The van der Waals surface area contributed by atoms with Crippen LogP contribution in [0.3, 0.4) is 0 Å². The van der Waals surface area contributed by atoms with Crippen molar-refractivity contribution in [3.63, 3.8) is 0 Å². The maximum Gasteiger partial charge on any atom is 0.433 e. The molecular formula is C14H21F3N2O. The van der Waals surface area contributed by atoms with Crippen molar-refractivity contribution in [3.05, 3.63) is 24.0 Å². The minimum absolute atomic E-state index is 0.0639. The first-order chi connectivity index (χ1) is 9.40. The van der Waals surface area contributed by atoms with E-state index in [4.69, 9.17) is 0 Å². The fourth-order valence-corrected chi connectivity index (χ4v) is 1.68. The second-order valence-corrected chi connectivity index (χ2v) is 4.05. The van der Waals surface area contributed by atoms with Crippen molar-refractivity contribution in [2.75, 3.05) is 4.90 Å². The van der Waals surface area contributed by atoms with Gasteiger partial charge in [-0.25, -0.2) is 4.98 Å². The molecule has 3 nitrogen and oxygen atoms in total. The molecule has 1 aromatic rings. The number of carbonyl (C=O) groups is 1. The van der Waals surface area contributed by atoms with E-state index < -0.39 is 11.9 Å². The van der Waals surface area contributed by atoms with Gasteiger partial charge in [-0.2, -0.15) is 13.2 Å². The Bertz CT molecular complexity index is 390. The molecule has 0 aliphatic carbocycles. The normalized spacial score (nSPS) is 12.2. The minimum Gasteiger partial charge on any atom is -0.311 e. The molecule has 20 heavy (non-hydrogen) atoms. The van der Waals surface area contributed by atoms with Gasteiger partial charge in [-0.3, -0.25) is 4.79 Å². The molecule has 0 saturated heterocycles. The molecule has 0 fully saturated rings. The lowest BCUT2D eigenvalue weighted by molar-refractivity contribution is -0.141. The number of nitrogens with zero attached hydrogens (tertiary/aromatic N) is 2. The number of hydrogen-bond donors (Lipinski definition) is 0. The molecule has 114 valence electrons. The second-order valence-electron chi connectivity index (χ2n) is 4.05. The molecule has 1 aromatic heterocycles. The summed E-state index contributed by atoms with van der Waals surface area (Å²) < 4.78 is 37.0. The monoisotopic (exact) mass is 290 g/mol. The summed E-state index contributed by atoms with van der Waals surface area (Å²) >= 11 is 0. The summed E-state index contributed by atoms with van der Waals surface area (Å²) in [6.07, 6.45) is -1.10. The largest absolute Gasteiger partial charge is 0.433 e. The first-order valence-corrected chi connectivity index (χ1v) is 6.67. The molecule has 1 unspecified atom stereocenters. The average Bonchev–Trinajstić information content (AvgIpc) is 2.42. The molecule has 1 amide bonds. The van der Waals surface area contributed by atoms with E-state index in [9.17, 15) is 18.0 Å². The van der Waals surface area contributed by atoms with Gasteiger partial charge in [-0.15, -0.1) is 0 Å². The van der Waals surface area contributed by atoms with E-state index in [1.807, 2.05) is 27.7 Å². The van der Waals surface area contributed by atoms with Crippen LogP contribution in [0.25, 0.3) is 0 Å². The van der Waals surface area contributed by atoms with Crippen LogP contribution in [0, 0.1) is 0 Å². The van der Waals surface area contributed by atoms with E-state index >= 15 is 0 Å². The second kappa shape index (κ2) is 8.55. The van der Waals surface area contributed by atoms with Crippen molar-refractivity contribution in [3.8, 4) is 0 Å². The number of hydrogen-bond acceptors (Lipinski definition) is 2. The van der Waals surface area contributed by atoms with Crippen molar-refractivity contribution in [1.82, 2.24) is 4.98 Å². The van der Waals surface area contributed by atoms with Crippen LogP contribution in [0.5, 0.6) is 0 Å². The molecule has 0 aromatic carbocycles. The van der Waals surface area contributed by atoms with E-state index in [-0.39, 0.29) is 6.04 Å². The number of anilines is 1. The third-order valence-corrected chi connectivity index (χ3v) is 2.63. The van der Waals surface area contributed by atoms with Crippen molar-refractivity contribution in [1.29, 1.82) is 0 Å². The maximum absolute atomic E-state index is 12.3. The minimum atomic E-state index is -4.46. The Kier molecular flexibility index (Phi) is 7.87. The van der Waals surface area contributed by atoms with Crippen LogP contribution >= 0.6 is 0 Å². The van der Waals surface area contributed by atoms with Crippen LogP contribution in [0.4, 0.5) is 18.9 Å². The van der Waals surface area contributed by atoms with Crippen molar-refractivity contribution in [2.24, 2.45) is 0 Å². The molecule has 0 radical (unpaired) electrons. The van der Waals surface area contributed by atoms with Gasteiger partial charge in [0.25, 0.3) is 0 Å². The van der Waals surface area contributed by atoms with E-state index in [0.717, 1.165) is 25.1 Å². The Morgan fingerprint density at radius 3 is 2.30 bits per heavy atom. The van der Waals surface area contributed by atoms with Crippen LogP contribution in [-0.4, -0.2) is 17.4 Å². The first-order valence-electron chi connectivity index (χ1n) is 6.67. The molecule has 0 N–H and O–H groups in total. The summed E-state index contributed by atoms with van der Waals surface area (Å²) in [5.41, 5.74) is -0.584. The summed E-state index contributed by atoms with van der Waals surface area (Å²) in [5.74, 6) is 0. The van der Waals surface area contributed by atoms with E-state index in [0.29, 0.717) is 12.1 Å². The highest BCUT2D eigenvalue weighted by atomic mass is 19.4. The highest BCUT2D eigenvalue weighted by molar-refractivity contribution is 5.75. The van der Waals surface area contributed by atoms with Crippen molar-refractivity contribution < 1.29 is 18.0 Å². The lowest BCUT2D eigenvalue weighted by Crippen LogP contribution is -2.31. The summed E-state index contributed by atoms with van der Waals surface area (Å²) in [5, 5.41) is 0. The Hall–Kier alpha value is -1.59. The van der Waals surface area contributed by atoms with E-state index in [2.05, 4.69) is 4.98 Å². The number of carbonyl (C=O) groups excluding carboxylic acids is 1. The van der Waals surface area contributed by atoms with Crippen LogP contribution < -0.4 is 4.90 Å². The van der Waals surface area contributed by atoms with Crippen LogP contribution in [0.1, 0.15) is 46.2 Å². The number of rotatable bonds is 5. The Morgan fingerprint density at radius 1 is 1.35 bits per heavy atom. The van der Waals surface area contributed by atoms with Gasteiger partial charge >= 0.3 is 6.18 Å². The topological polar surface area (TPSA) is 33.2 Å². The predicted octanol–water partition coefficient (Wildman–Crippen LogP) is 4.28. The zero-order chi connectivity index (χ0) is 15.8. The number of alkyl halides is 3. The lowest BCUT2D eigenvalue weighted by atomic mass is 10.1. The summed E-state index contributed by atoms with van der Waals surface area (Å²) in [6.45, 7) is 7.82. The highest BCUT2D eigenvalue weighted by Crippen LogP contribution is 2.28.